The number of methoxy groups -OCH3 is 1. The molecule has 0 aliphatic carbocycles. The molecule has 4 aromatic carbocycles. The highest BCUT2D eigenvalue weighted by Crippen LogP contribution is 2.33. The zero-order chi connectivity index (χ0) is 52.3. The summed E-state index contributed by atoms with van der Waals surface area (Å²) in [5.74, 6) is -1.55. The number of likely N-dealkylation sites (N-methyl/N-ethyl adjacent to an activating group) is 2. The first kappa shape index (κ1) is 54.4. The lowest BCUT2D eigenvalue weighted by atomic mass is 9.93. The van der Waals surface area contributed by atoms with Gasteiger partial charge in [0.1, 0.15) is 35.6 Å². The number of nitrogens with zero attached hydrogens (tertiary/aromatic N) is 6. The Balaban J connectivity index is 1.20. The summed E-state index contributed by atoms with van der Waals surface area (Å²) >= 11 is 12.8. The Morgan fingerprint density at radius 3 is 2.18 bits per heavy atom. The largest absolute Gasteiger partial charge is 0.457 e. The van der Waals surface area contributed by atoms with Crippen LogP contribution in [0.2, 0.25) is 10.0 Å². The van der Waals surface area contributed by atoms with Crippen LogP contribution >= 0.6 is 23.2 Å². The molecule has 2 saturated heterocycles. The van der Waals surface area contributed by atoms with Crippen LogP contribution in [0.5, 0.6) is 11.5 Å². The minimum Gasteiger partial charge on any atom is -0.457 e. The minimum atomic E-state index is -1.21. The van der Waals surface area contributed by atoms with E-state index in [1.807, 2.05) is 85.3 Å². The van der Waals surface area contributed by atoms with Gasteiger partial charge in [-0.05, 0) is 92.8 Å². The maximum absolute atomic E-state index is 15.1. The molecular formula is C55H65Cl2FN8O7. The van der Waals surface area contributed by atoms with E-state index in [4.69, 9.17) is 32.7 Å². The predicted molar refractivity (Wildman–Crippen MR) is 279 cm³/mol. The van der Waals surface area contributed by atoms with Gasteiger partial charge in [0.05, 0.1) is 37.5 Å². The van der Waals surface area contributed by atoms with Gasteiger partial charge in [0, 0.05) is 94.0 Å². The number of rotatable bonds is 13. The van der Waals surface area contributed by atoms with Crippen molar-refractivity contribution in [3.8, 4) is 22.8 Å². The zero-order valence-corrected chi connectivity index (χ0v) is 43.7. The lowest BCUT2D eigenvalue weighted by Gasteiger charge is -2.35. The molecule has 2 N–H and O–H groups in total. The van der Waals surface area contributed by atoms with Crippen molar-refractivity contribution in [2.45, 2.75) is 89.4 Å². The van der Waals surface area contributed by atoms with E-state index in [-0.39, 0.29) is 57.2 Å². The standard InChI is InChI=1S/C55H65Cl2FN8O7/c1-35-29-60-51(67)28-45(25-38-12-17-42(56)18-13-38)63(4)55(71)47(34-72-6)61-53(69)36(2)66(52(68)26-41(54(70)62(35)3)24-37-10-8-7-9-11-37)31-40-14-19-43(57)27-49(40)73-46-20-15-39(16-21-46)48-30-59-50(64(48)5)33-65-23-22-44(58)32-65/h7-21,27,30,35-36,41,44-45,47H,22-26,28-29,31-34H2,1-6H3,(H,60,67)(H,61,69)/t35-,36-,41+,44+,45-,47-/m0/s1. The van der Waals surface area contributed by atoms with Gasteiger partial charge in [-0.2, -0.15) is 0 Å². The molecule has 5 amide bonds. The molecule has 73 heavy (non-hydrogen) atoms. The molecule has 3 heterocycles. The Labute approximate surface area is 436 Å². The first-order valence-corrected chi connectivity index (χ1v) is 25.3. The van der Waals surface area contributed by atoms with Gasteiger partial charge in [-0.25, -0.2) is 9.37 Å². The normalized spacial score (nSPS) is 22.3. The molecule has 1 aromatic heterocycles. The molecule has 15 nitrogen and oxygen atoms in total. The van der Waals surface area contributed by atoms with Gasteiger partial charge in [-0.15, -0.1) is 0 Å². The van der Waals surface area contributed by atoms with Gasteiger partial charge in [-0.1, -0.05) is 71.7 Å². The summed E-state index contributed by atoms with van der Waals surface area (Å²) in [5, 5.41) is 6.72. The lowest BCUT2D eigenvalue weighted by molar-refractivity contribution is -0.147. The van der Waals surface area contributed by atoms with Crippen LogP contribution in [0, 0.1) is 5.92 Å². The molecule has 6 atom stereocenters. The molecule has 18 heteroatoms. The van der Waals surface area contributed by atoms with Gasteiger partial charge in [0.2, 0.25) is 29.5 Å². The number of benzene rings is 4. The van der Waals surface area contributed by atoms with Crippen molar-refractivity contribution >= 4 is 52.7 Å². The van der Waals surface area contributed by atoms with Crippen molar-refractivity contribution in [2.24, 2.45) is 13.0 Å². The van der Waals surface area contributed by atoms with E-state index >= 15 is 4.79 Å². The molecule has 0 unspecified atom stereocenters. The van der Waals surface area contributed by atoms with Crippen LogP contribution in [-0.4, -0.2) is 136 Å². The van der Waals surface area contributed by atoms with Crippen LogP contribution in [0.4, 0.5) is 4.39 Å². The SMILES string of the molecule is COC[C@@H]1NC(=O)[C@H](C)N(Cc2ccc(Cl)cc2Oc2ccc(-c3cnc(CN4CC[C@@H](F)C4)n3C)cc2)C(=O)C[C@@H](Cc2ccccc2)C(=O)N(C)[C@@H](C)CNC(=O)C[C@H](Cc2ccc(Cl)cc2)N(C)C1=O. The third-order valence-electron chi connectivity index (χ3n) is 13.9. The van der Waals surface area contributed by atoms with Crippen molar-refractivity contribution < 1.29 is 37.8 Å². The average molecular weight is 1040 g/mol. The summed E-state index contributed by atoms with van der Waals surface area (Å²) in [5.41, 5.74) is 3.94. The summed E-state index contributed by atoms with van der Waals surface area (Å²) in [6.07, 6.45) is 1.65. The maximum atomic E-state index is 15.1. The minimum absolute atomic E-state index is 0.0815. The molecule has 7 rings (SSSR count). The maximum Gasteiger partial charge on any atom is 0.247 e. The van der Waals surface area contributed by atoms with E-state index in [1.165, 1.54) is 16.9 Å². The van der Waals surface area contributed by atoms with E-state index in [2.05, 4.69) is 20.5 Å². The number of aromatic nitrogens is 2. The van der Waals surface area contributed by atoms with Crippen LogP contribution in [0.15, 0.2) is 103 Å². The second-order valence-corrected chi connectivity index (χ2v) is 20.0. The fraction of sp³-hybridized carbons (Fsp3) is 0.418. The van der Waals surface area contributed by atoms with Gasteiger partial charge >= 0.3 is 0 Å². The summed E-state index contributed by atoms with van der Waals surface area (Å²) in [6.45, 7) is 4.78. The first-order valence-electron chi connectivity index (χ1n) is 24.6. The van der Waals surface area contributed by atoms with Gasteiger partial charge in [0.15, 0.2) is 0 Å². The molecule has 0 spiro atoms. The molecular weight excluding hydrogens is 975 g/mol. The Bertz CT molecular complexity index is 2710. The number of likely N-dealkylation sites (tertiary alicyclic amines) is 1. The zero-order valence-electron chi connectivity index (χ0n) is 42.2. The third kappa shape index (κ3) is 14.3. The van der Waals surface area contributed by atoms with Crippen molar-refractivity contribution in [3.63, 3.8) is 0 Å². The topological polar surface area (TPSA) is 159 Å². The molecule has 5 aromatic rings. The van der Waals surface area contributed by atoms with Crippen LogP contribution in [0.3, 0.4) is 0 Å². The Morgan fingerprint density at radius 2 is 1.49 bits per heavy atom. The number of hydrogen-bond acceptors (Lipinski definition) is 9. The van der Waals surface area contributed by atoms with Crippen LogP contribution in [-0.2, 0) is 61.7 Å². The number of hydrogen-bond donors (Lipinski definition) is 2. The summed E-state index contributed by atoms with van der Waals surface area (Å²) < 4.78 is 27.9. The van der Waals surface area contributed by atoms with Crippen LogP contribution in [0.1, 0.15) is 55.6 Å². The summed E-state index contributed by atoms with van der Waals surface area (Å²) in [4.78, 5) is 83.5. The van der Waals surface area contributed by atoms with E-state index < -0.39 is 54.0 Å². The van der Waals surface area contributed by atoms with E-state index in [0.717, 1.165) is 28.2 Å². The number of alkyl halides is 1. The second kappa shape index (κ2) is 25.1. The number of imidazole rings is 1. The number of amides is 5. The Kier molecular flexibility index (Phi) is 18.7. The molecule has 0 saturated carbocycles. The fourth-order valence-electron chi connectivity index (χ4n) is 9.29. The van der Waals surface area contributed by atoms with Crippen molar-refractivity contribution in [3.05, 3.63) is 136 Å². The second-order valence-electron chi connectivity index (χ2n) is 19.2. The lowest BCUT2D eigenvalue weighted by Crippen LogP contribution is -2.57. The highest BCUT2D eigenvalue weighted by Gasteiger charge is 2.37. The number of carbonyl (C=O) groups excluding carboxylic acids is 5. The molecule has 2 fully saturated rings. The van der Waals surface area contributed by atoms with Crippen molar-refractivity contribution in [1.29, 1.82) is 0 Å². The Morgan fingerprint density at radius 1 is 0.795 bits per heavy atom. The fourth-order valence-corrected chi connectivity index (χ4v) is 9.58. The predicted octanol–water partition coefficient (Wildman–Crippen LogP) is 7.26. The number of nitrogens with one attached hydrogen (secondary N) is 2. The summed E-state index contributed by atoms with van der Waals surface area (Å²) in [6, 6.07) is 25.4. The van der Waals surface area contributed by atoms with E-state index in [1.54, 1.807) is 62.4 Å². The number of halogens is 3. The van der Waals surface area contributed by atoms with Crippen molar-refractivity contribution in [1.82, 2.24) is 39.8 Å². The monoisotopic (exact) mass is 1040 g/mol. The number of carbonyl (C=O) groups is 5. The molecule has 388 valence electrons. The molecule has 0 bridgehead atoms. The summed E-state index contributed by atoms with van der Waals surface area (Å²) in [7, 11) is 6.57. The van der Waals surface area contributed by atoms with Crippen molar-refractivity contribution in [2.75, 3.05) is 47.4 Å². The van der Waals surface area contributed by atoms with Crippen LogP contribution in [0.25, 0.3) is 11.3 Å². The first-order chi connectivity index (χ1) is 35.0. The number of ether oxygens (including phenoxy) is 2. The average Bonchev–Trinajstić information content (AvgIpc) is 3.97. The quantitative estimate of drug-likeness (QED) is 0.124. The van der Waals surface area contributed by atoms with Gasteiger partial charge in [0.25, 0.3) is 0 Å². The van der Waals surface area contributed by atoms with E-state index in [0.29, 0.717) is 53.2 Å². The molecule has 2 aliphatic heterocycles. The van der Waals surface area contributed by atoms with Gasteiger partial charge in [-0.3, -0.25) is 28.9 Å². The Hall–Kier alpha value is -6.33. The smallest absolute Gasteiger partial charge is 0.247 e. The molecule has 2 aliphatic rings. The van der Waals surface area contributed by atoms with E-state index in [9.17, 15) is 23.6 Å². The molecule has 0 radical (unpaired) electrons. The highest BCUT2D eigenvalue weighted by molar-refractivity contribution is 6.31. The van der Waals surface area contributed by atoms with Gasteiger partial charge < -0.3 is 39.4 Å². The van der Waals surface area contributed by atoms with Crippen LogP contribution < -0.4 is 15.4 Å². The highest BCUT2D eigenvalue weighted by atomic mass is 35.5. The third-order valence-corrected chi connectivity index (χ3v) is 14.4.